The predicted molar refractivity (Wildman–Crippen MR) is 83.5 cm³/mol. The fourth-order valence-electron chi connectivity index (χ4n) is 2.08. The van der Waals surface area contributed by atoms with Crippen LogP contribution >= 0.6 is 11.3 Å². The van der Waals surface area contributed by atoms with Gasteiger partial charge in [0.05, 0.1) is 16.9 Å². The fraction of sp³-hybridized carbons (Fsp3) is 0.357. The molecule has 7 heteroatoms. The molecule has 0 saturated heterocycles. The molecule has 0 aliphatic heterocycles. The van der Waals surface area contributed by atoms with Crippen LogP contribution in [-0.4, -0.2) is 15.7 Å². The number of nitrogens with one attached hydrogen (secondary N) is 1. The van der Waals surface area contributed by atoms with Crippen molar-refractivity contribution in [1.29, 1.82) is 5.26 Å². The molecule has 2 heterocycles. The number of carbonyl (C=O) groups is 1. The molecule has 0 fully saturated rings. The molecule has 110 valence electrons. The van der Waals surface area contributed by atoms with E-state index < -0.39 is 0 Å². The molecule has 21 heavy (non-hydrogen) atoms. The van der Waals surface area contributed by atoms with E-state index in [0.717, 1.165) is 10.4 Å². The summed E-state index contributed by atoms with van der Waals surface area (Å²) < 4.78 is 1.57. The van der Waals surface area contributed by atoms with Crippen molar-refractivity contribution < 1.29 is 4.79 Å². The van der Waals surface area contributed by atoms with Gasteiger partial charge in [0.25, 0.3) is 5.91 Å². The smallest absolute Gasteiger partial charge is 0.276 e. The lowest BCUT2D eigenvalue weighted by atomic mass is 10.2. The van der Waals surface area contributed by atoms with Crippen LogP contribution in [0, 0.1) is 32.1 Å². The molecular weight excluding hydrogens is 286 g/mol. The first-order valence-electron chi connectivity index (χ1n) is 6.55. The van der Waals surface area contributed by atoms with Gasteiger partial charge in [0.2, 0.25) is 0 Å². The zero-order valence-electron chi connectivity index (χ0n) is 12.4. The maximum Gasteiger partial charge on any atom is 0.276 e. The molecule has 6 nitrogen and oxygen atoms in total. The summed E-state index contributed by atoms with van der Waals surface area (Å²) in [5.74, 6) is -0.340. The standard InChI is InChI=1S/C14H17N5OS/c1-5-19-12(11(16)8(3)18-19)13(20)17-14-10(6-15)7(2)9(4)21-14/h5,16H2,1-4H3,(H,17,20). The van der Waals surface area contributed by atoms with E-state index in [1.807, 2.05) is 20.8 Å². The van der Waals surface area contributed by atoms with Gasteiger partial charge in [0.1, 0.15) is 16.8 Å². The van der Waals surface area contributed by atoms with Crippen molar-refractivity contribution in [3.05, 3.63) is 27.4 Å². The molecule has 0 unspecified atom stereocenters. The molecule has 0 aliphatic carbocycles. The highest BCUT2D eigenvalue weighted by Crippen LogP contribution is 2.32. The second-order valence-electron chi connectivity index (χ2n) is 4.72. The number of nitrogens with zero attached hydrogens (tertiary/aromatic N) is 3. The van der Waals surface area contributed by atoms with Gasteiger partial charge in [-0.25, -0.2) is 0 Å². The lowest BCUT2D eigenvalue weighted by Crippen LogP contribution is -2.18. The number of anilines is 2. The molecule has 1 amide bonds. The molecule has 0 saturated carbocycles. The predicted octanol–water partition coefficient (Wildman–Crippen LogP) is 2.60. The third-order valence-electron chi connectivity index (χ3n) is 3.41. The average molecular weight is 303 g/mol. The van der Waals surface area contributed by atoms with Crippen LogP contribution in [0.3, 0.4) is 0 Å². The second kappa shape index (κ2) is 5.58. The number of hydrogen-bond donors (Lipinski definition) is 2. The van der Waals surface area contributed by atoms with E-state index in [0.29, 0.717) is 34.2 Å². The minimum Gasteiger partial charge on any atom is -0.395 e. The van der Waals surface area contributed by atoms with Crippen molar-refractivity contribution >= 4 is 27.9 Å². The molecular formula is C14H17N5OS. The molecule has 0 bridgehead atoms. The summed E-state index contributed by atoms with van der Waals surface area (Å²) in [6.07, 6.45) is 0. The summed E-state index contributed by atoms with van der Waals surface area (Å²) in [6.45, 7) is 8.00. The quantitative estimate of drug-likeness (QED) is 0.910. The first-order chi connectivity index (χ1) is 9.90. The highest BCUT2D eigenvalue weighted by atomic mass is 32.1. The third-order valence-corrected chi connectivity index (χ3v) is 4.54. The summed E-state index contributed by atoms with van der Waals surface area (Å²) in [7, 11) is 0. The van der Waals surface area contributed by atoms with Crippen molar-refractivity contribution in [3.63, 3.8) is 0 Å². The van der Waals surface area contributed by atoms with Crippen LogP contribution in [0.2, 0.25) is 0 Å². The summed E-state index contributed by atoms with van der Waals surface area (Å²) in [6, 6.07) is 2.13. The Kier molecular flexibility index (Phi) is 4.00. The number of rotatable bonds is 3. The van der Waals surface area contributed by atoms with Gasteiger partial charge < -0.3 is 11.1 Å². The zero-order chi connectivity index (χ0) is 15.7. The maximum absolute atomic E-state index is 12.5. The topological polar surface area (TPSA) is 96.7 Å². The van der Waals surface area contributed by atoms with Crippen LogP contribution in [0.1, 0.15) is 39.1 Å². The third kappa shape index (κ3) is 2.50. The van der Waals surface area contributed by atoms with Crippen molar-refractivity contribution in [2.45, 2.75) is 34.2 Å². The van der Waals surface area contributed by atoms with Crippen LogP contribution in [0.5, 0.6) is 0 Å². The summed E-state index contributed by atoms with van der Waals surface area (Å²) in [5.41, 5.74) is 8.67. The lowest BCUT2D eigenvalue weighted by molar-refractivity contribution is 0.101. The van der Waals surface area contributed by atoms with Gasteiger partial charge in [-0.1, -0.05) is 0 Å². The molecule has 0 radical (unpaired) electrons. The average Bonchev–Trinajstić information content (AvgIpc) is 2.88. The molecule has 2 aromatic heterocycles. The molecule has 2 aromatic rings. The largest absolute Gasteiger partial charge is 0.395 e. The Bertz CT molecular complexity index is 750. The molecule has 0 spiro atoms. The molecule has 0 aliphatic rings. The van der Waals surface area contributed by atoms with E-state index in [1.54, 1.807) is 11.6 Å². The zero-order valence-corrected chi connectivity index (χ0v) is 13.3. The monoisotopic (exact) mass is 303 g/mol. The van der Waals surface area contributed by atoms with Gasteiger partial charge >= 0.3 is 0 Å². The van der Waals surface area contributed by atoms with Gasteiger partial charge in [0.15, 0.2) is 0 Å². The number of nitriles is 1. The van der Waals surface area contributed by atoms with Crippen LogP contribution < -0.4 is 11.1 Å². The highest BCUT2D eigenvalue weighted by molar-refractivity contribution is 7.16. The van der Waals surface area contributed by atoms with Gasteiger partial charge in [-0.3, -0.25) is 9.48 Å². The molecule has 3 N–H and O–H groups in total. The summed E-state index contributed by atoms with van der Waals surface area (Å²) in [5, 5.41) is 16.8. The second-order valence-corrected chi connectivity index (χ2v) is 5.94. The number of nitrogens with two attached hydrogens (primary N) is 1. The maximum atomic E-state index is 12.5. The Balaban J connectivity index is 2.40. The van der Waals surface area contributed by atoms with Gasteiger partial charge in [-0.15, -0.1) is 11.3 Å². The van der Waals surface area contributed by atoms with Gasteiger partial charge in [-0.2, -0.15) is 10.4 Å². The highest BCUT2D eigenvalue weighted by Gasteiger charge is 2.21. The number of thiophene rings is 1. The number of hydrogen-bond acceptors (Lipinski definition) is 5. The first kappa shape index (κ1) is 15.1. The van der Waals surface area contributed by atoms with Crippen molar-refractivity contribution in [2.75, 3.05) is 11.1 Å². The van der Waals surface area contributed by atoms with Crippen LogP contribution in [0.25, 0.3) is 0 Å². The Morgan fingerprint density at radius 3 is 2.71 bits per heavy atom. The van der Waals surface area contributed by atoms with Crippen molar-refractivity contribution in [1.82, 2.24) is 9.78 Å². The van der Waals surface area contributed by atoms with E-state index >= 15 is 0 Å². The summed E-state index contributed by atoms with van der Waals surface area (Å²) >= 11 is 1.39. The minimum atomic E-state index is -0.340. The molecule has 0 aromatic carbocycles. The minimum absolute atomic E-state index is 0.336. The number of amides is 1. The van der Waals surface area contributed by atoms with E-state index in [2.05, 4.69) is 16.5 Å². The number of aryl methyl sites for hydroxylation is 3. The number of aromatic nitrogens is 2. The Morgan fingerprint density at radius 2 is 2.14 bits per heavy atom. The molecule has 0 atom stereocenters. The van der Waals surface area contributed by atoms with Crippen LogP contribution in [0.4, 0.5) is 10.7 Å². The van der Waals surface area contributed by atoms with Crippen LogP contribution in [-0.2, 0) is 6.54 Å². The fourth-order valence-corrected chi connectivity index (χ4v) is 3.08. The SMILES string of the molecule is CCn1nc(C)c(N)c1C(=O)Nc1sc(C)c(C)c1C#N. The molecule has 2 rings (SSSR count). The first-order valence-corrected chi connectivity index (χ1v) is 7.36. The Morgan fingerprint density at radius 1 is 1.48 bits per heavy atom. The normalized spacial score (nSPS) is 10.4. The Hall–Kier alpha value is -2.33. The van der Waals surface area contributed by atoms with Crippen molar-refractivity contribution in [3.8, 4) is 6.07 Å². The van der Waals surface area contributed by atoms with Crippen molar-refractivity contribution in [2.24, 2.45) is 0 Å². The van der Waals surface area contributed by atoms with Gasteiger partial charge in [-0.05, 0) is 33.3 Å². The number of nitrogen functional groups attached to an aromatic ring is 1. The number of carbonyl (C=O) groups excluding carboxylic acids is 1. The summed E-state index contributed by atoms with van der Waals surface area (Å²) in [4.78, 5) is 13.5. The van der Waals surface area contributed by atoms with Crippen LogP contribution in [0.15, 0.2) is 0 Å². The van der Waals surface area contributed by atoms with E-state index in [4.69, 9.17) is 5.73 Å². The van der Waals surface area contributed by atoms with Gasteiger partial charge in [0, 0.05) is 11.4 Å². The van der Waals surface area contributed by atoms with E-state index in [-0.39, 0.29) is 5.91 Å². The Labute approximate surface area is 127 Å². The lowest BCUT2D eigenvalue weighted by Gasteiger charge is -2.06. The van der Waals surface area contributed by atoms with E-state index in [9.17, 15) is 10.1 Å². The van der Waals surface area contributed by atoms with E-state index in [1.165, 1.54) is 11.3 Å².